The van der Waals surface area contributed by atoms with Crippen LogP contribution in [0.4, 0.5) is 0 Å². The third kappa shape index (κ3) is 3.71. The van der Waals surface area contributed by atoms with E-state index in [1.54, 1.807) is 0 Å². The lowest BCUT2D eigenvalue weighted by Crippen LogP contribution is -2.47. The summed E-state index contributed by atoms with van der Waals surface area (Å²) < 4.78 is 0. The minimum absolute atomic E-state index is 0.260. The van der Waals surface area contributed by atoms with Gasteiger partial charge < -0.3 is 10.6 Å². The average molecular weight is 252 g/mol. The van der Waals surface area contributed by atoms with Crippen LogP contribution in [0.25, 0.3) is 0 Å². The van der Waals surface area contributed by atoms with E-state index in [9.17, 15) is 4.79 Å². The van der Waals surface area contributed by atoms with Gasteiger partial charge in [0.1, 0.15) is 0 Å². The Morgan fingerprint density at radius 2 is 2.00 bits per heavy atom. The Bertz CT molecular complexity index is 257. The van der Waals surface area contributed by atoms with Gasteiger partial charge in [-0.05, 0) is 51.1 Å². The van der Waals surface area contributed by atoms with E-state index in [4.69, 9.17) is 0 Å². The van der Waals surface area contributed by atoms with Crippen LogP contribution in [0, 0.1) is 11.8 Å². The van der Waals surface area contributed by atoms with Gasteiger partial charge in [0.15, 0.2) is 0 Å². The second-order valence-electron chi connectivity index (χ2n) is 5.97. The van der Waals surface area contributed by atoms with Crippen LogP contribution < -0.4 is 10.6 Å². The van der Waals surface area contributed by atoms with Crippen LogP contribution in [0.3, 0.4) is 0 Å². The smallest absolute Gasteiger partial charge is 0.223 e. The zero-order valence-corrected chi connectivity index (χ0v) is 11.7. The standard InChI is InChI=1S/C15H28N2O/c1-2-3-7-14(12-5-4-6-12)17-15(18)13-8-10-16-11-9-13/h12-14,16H,2-11H2,1H3,(H,17,18). The van der Waals surface area contributed by atoms with Crippen LogP contribution in [-0.4, -0.2) is 25.0 Å². The Hall–Kier alpha value is -0.570. The van der Waals surface area contributed by atoms with Crippen LogP contribution in [0.2, 0.25) is 0 Å². The lowest BCUT2D eigenvalue weighted by atomic mass is 9.77. The molecule has 1 unspecified atom stereocenters. The fourth-order valence-corrected chi connectivity index (χ4v) is 3.08. The molecule has 2 aliphatic rings. The molecule has 18 heavy (non-hydrogen) atoms. The van der Waals surface area contributed by atoms with E-state index in [2.05, 4.69) is 17.6 Å². The summed E-state index contributed by atoms with van der Waals surface area (Å²) in [4.78, 5) is 12.3. The molecule has 1 aliphatic heterocycles. The molecule has 0 aromatic carbocycles. The average Bonchev–Trinajstić information content (AvgIpc) is 2.34. The summed E-state index contributed by atoms with van der Waals surface area (Å²) in [5.74, 6) is 1.35. The predicted molar refractivity (Wildman–Crippen MR) is 74.4 cm³/mol. The minimum atomic E-state index is 0.260. The molecular weight excluding hydrogens is 224 g/mol. The van der Waals surface area contributed by atoms with Crippen molar-refractivity contribution in [1.82, 2.24) is 10.6 Å². The SMILES string of the molecule is CCCCC(NC(=O)C1CCNCC1)C1CCC1. The Morgan fingerprint density at radius 1 is 1.28 bits per heavy atom. The molecule has 2 N–H and O–H groups in total. The number of nitrogens with one attached hydrogen (secondary N) is 2. The summed E-state index contributed by atoms with van der Waals surface area (Å²) in [6.45, 7) is 4.23. The molecule has 1 amide bonds. The molecule has 0 bridgehead atoms. The third-order valence-electron chi connectivity index (χ3n) is 4.63. The maximum absolute atomic E-state index is 12.3. The molecule has 1 atom stereocenters. The Morgan fingerprint density at radius 3 is 2.56 bits per heavy atom. The zero-order chi connectivity index (χ0) is 12.8. The first-order chi connectivity index (χ1) is 8.81. The lowest BCUT2D eigenvalue weighted by Gasteiger charge is -2.35. The van der Waals surface area contributed by atoms with E-state index in [1.807, 2.05) is 0 Å². The molecule has 2 rings (SSSR count). The number of hydrogen-bond donors (Lipinski definition) is 2. The molecule has 2 fully saturated rings. The second-order valence-corrected chi connectivity index (χ2v) is 5.97. The van der Waals surface area contributed by atoms with E-state index < -0.39 is 0 Å². The number of carbonyl (C=O) groups excluding carboxylic acids is 1. The van der Waals surface area contributed by atoms with Crippen LogP contribution >= 0.6 is 0 Å². The topological polar surface area (TPSA) is 41.1 Å². The van der Waals surface area contributed by atoms with Gasteiger partial charge >= 0.3 is 0 Å². The number of piperidine rings is 1. The van der Waals surface area contributed by atoms with Crippen molar-refractivity contribution in [3.63, 3.8) is 0 Å². The van der Waals surface area contributed by atoms with Gasteiger partial charge in [-0.2, -0.15) is 0 Å². The molecule has 1 saturated heterocycles. The summed E-state index contributed by atoms with van der Waals surface area (Å²) >= 11 is 0. The maximum Gasteiger partial charge on any atom is 0.223 e. The van der Waals surface area contributed by atoms with E-state index in [0.29, 0.717) is 11.9 Å². The zero-order valence-electron chi connectivity index (χ0n) is 11.7. The van der Waals surface area contributed by atoms with Gasteiger partial charge in [0.2, 0.25) is 5.91 Å². The van der Waals surface area contributed by atoms with Crippen molar-refractivity contribution in [2.45, 2.75) is 64.3 Å². The minimum Gasteiger partial charge on any atom is -0.353 e. The van der Waals surface area contributed by atoms with Gasteiger partial charge in [-0.1, -0.05) is 26.2 Å². The summed E-state index contributed by atoms with van der Waals surface area (Å²) in [7, 11) is 0. The lowest BCUT2D eigenvalue weighted by molar-refractivity contribution is -0.127. The van der Waals surface area contributed by atoms with E-state index in [0.717, 1.165) is 31.8 Å². The van der Waals surface area contributed by atoms with Gasteiger partial charge in [0, 0.05) is 12.0 Å². The van der Waals surface area contributed by atoms with E-state index in [-0.39, 0.29) is 5.92 Å². The second kappa shape index (κ2) is 7.13. The van der Waals surface area contributed by atoms with Gasteiger partial charge in [-0.15, -0.1) is 0 Å². The molecule has 104 valence electrons. The first-order valence-corrected chi connectivity index (χ1v) is 7.82. The fraction of sp³-hybridized carbons (Fsp3) is 0.933. The first-order valence-electron chi connectivity index (χ1n) is 7.82. The van der Waals surface area contributed by atoms with Crippen LogP contribution in [0.15, 0.2) is 0 Å². The van der Waals surface area contributed by atoms with Crippen LogP contribution in [0.1, 0.15) is 58.3 Å². The molecule has 0 radical (unpaired) electrons. The first kappa shape index (κ1) is 13.9. The summed E-state index contributed by atoms with van der Waals surface area (Å²) in [6, 6.07) is 0.459. The van der Waals surface area contributed by atoms with Crippen molar-refractivity contribution in [2.24, 2.45) is 11.8 Å². The molecule has 0 spiro atoms. The Kier molecular flexibility index (Phi) is 5.48. The Labute approximate surface area is 111 Å². The summed E-state index contributed by atoms with van der Waals surface area (Å²) in [5, 5.41) is 6.68. The Balaban J connectivity index is 1.80. The molecule has 0 aromatic heterocycles. The van der Waals surface area contributed by atoms with Crippen molar-refractivity contribution < 1.29 is 4.79 Å². The normalized spacial score (nSPS) is 23.4. The molecule has 1 aliphatic carbocycles. The van der Waals surface area contributed by atoms with E-state index in [1.165, 1.54) is 38.5 Å². The molecular formula is C15H28N2O. The van der Waals surface area contributed by atoms with Gasteiger partial charge in [-0.3, -0.25) is 4.79 Å². The van der Waals surface area contributed by atoms with E-state index >= 15 is 0 Å². The fourth-order valence-electron chi connectivity index (χ4n) is 3.08. The van der Waals surface area contributed by atoms with Crippen molar-refractivity contribution >= 4 is 5.91 Å². The number of amides is 1. The number of hydrogen-bond acceptors (Lipinski definition) is 2. The molecule has 0 aromatic rings. The maximum atomic E-state index is 12.3. The van der Waals surface area contributed by atoms with Crippen LogP contribution in [-0.2, 0) is 4.79 Å². The monoisotopic (exact) mass is 252 g/mol. The van der Waals surface area contributed by atoms with Gasteiger partial charge in [-0.25, -0.2) is 0 Å². The summed E-state index contributed by atoms with van der Waals surface area (Å²) in [6.07, 6.45) is 9.67. The quantitative estimate of drug-likeness (QED) is 0.762. The third-order valence-corrected chi connectivity index (χ3v) is 4.63. The largest absolute Gasteiger partial charge is 0.353 e. The van der Waals surface area contributed by atoms with Crippen molar-refractivity contribution in [3.8, 4) is 0 Å². The molecule has 1 heterocycles. The highest BCUT2D eigenvalue weighted by Gasteiger charge is 2.30. The predicted octanol–water partition coefficient (Wildman–Crippen LogP) is 2.46. The number of unbranched alkanes of at least 4 members (excludes halogenated alkanes) is 1. The highest BCUT2D eigenvalue weighted by atomic mass is 16.1. The number of carbonyl (C=O) groups is 1. The van der Waals surface area contributed by atoms with Crippen molar-refractivity contribution in [3.05, 3.63) is 0 Å². The van der Waals surface area contributed by atoms with Crippen LogP contribution in [0.5, 0.6) is 0 Å². The molecule has 3 nitrogen and oxygen atoms in total. The summed E-state index contributed by atoms with van der Waals surface area (Å²) in [5.41, 5.74) is 0. The molecule has 1 saturated carbocycles. The van der Waals surface area contributed by atoms with Crippen molar-refractivity contribution in [2.75, 3.05) is 13.1 Å². The highest BCUT2D eigenvalue weighted by molar-refractivity contribution is 5.79. The molecule has 3 heteroatoms. The highest BCUT2D eigenvalue weighted by Crippen LogP contribution is 2.32. The van der Waals surface area contributed by atoms with Gasteiger partial charge in [0.25, 0.3) is 0 Å². The van der Waals surface area contributed by atoms with Gasteiger partial charge in [0.05, 0.1) is 0 Å². The number of rotatable bonds is 6. The van der Waals surface area contributed by atoms with Crippen molar-refractivity contribution in [1.29, 1.82) is 0 Å².